The van der Waals surface area contributed by atoms with E-state index in [0.29, 0.717) is 35.5 Å². The Bertz CT molecular complexity index is 904. The van der Waals surface area contributed by atoms with E-state index in [1.54, 1.807) is 35.2 Å². The first kappa shape index (κ1) is 18.8. The highest BCUT2D eigenvalue weighted by atomic mass is 16.2. The third-order valence-electron chi connectivity index (χ3n) is 4.94. The van der Waals surface area contributed by atoms with Crippen molar-refractivity contribution in [2.24, 2.45) is 0 Å². The second-order valence-corrected chi connectivity index (χ2v) is 6.73. The van der Waals surface area contributed by atoms with E-state index in [2.05, 4.69) is 6.92 Å². The minimum absolute atomic E-state index is 0.108. The highest BCUT2D eigenvalue weighted by Crippen LogP contribution is 2.31. The van der Waals surface area contributed by atoms with E-state index in [9.17, 15) is 14.4 Å². The van der Waals surface area contributed by atoms with Gasteiger partial charge < -0.3 is 4.90 Å². The average molecular weight is 364 g/mol. The van der Waals surface area contributed by atoms with Crippen molar-refractivity contribution in [3.63, 3.8) is 0 Å². The van der Waals surface area contributed by atoms with Gasteiger partial charge in [0.25, 0.3) is 17.7 Å². The number of carbonyl (C=O) groups is 3. The predicted octanol–water partition coefficient (Wildman–Crippen LogP) is 4.06. The van der Waals surface area contributed by atoms with Crippen LogP contribution in [0.1, 0.15) is 63.3 Å². The number of nitrogens with zero attached hydrogens (tertiary/aromatic N) is 2. The minimum Gasteiger partial charge on any atom is -0.339 e. The Labute approximate surface area is 159 Å². The van der Waals surface area contributed by atoms with Gasteiger partial charge in [0.05, 0.1) is 16.8 Å². The lowest BCUT2D eigenvalue weighted by molar-refractivity contribution is 0.0761. The van der Waals surface area contributed by atoms with Crippen LogP contribution < -0.4 is 4.90 Å². The number of anilines is 1. The number of unbranched alkanes of at least 4 members (excludes halogenated alkanes) is 1. The number of carbonyl (C=O) groups excluding carboxylic acids is 3. The lowest BCUT2D eigenvalue weighted by atomic mass is 10.0. The minimum atomic E-state index is -0.379. The first-order chi connectivity index (χ1) is 13.0. The van der Waals surface area contributed by atoms with Crippen molar-refractivity contribution in [2.75, 3.05) is 18.0 Å². The van der Waals surface area contributed by atoms with Gasteiger partial charge in [-0.2, -0.15) is 0 Å². The highest BCUT2D eigenvalue weighted by Gasteiger charge is 2.37. The van der Waals surface area contributed by atoms with Crippen molar-refractivity contribution in [3.05, 3.63) is 64.7 Å². The fourth-order valence-corrected chi connectivity index (χ4v) is 3.34. The van der Waals surface area contributed by atoms with Gasteiger partial charge in [0.2, 0.25) is 0 Å². The number of hydrogen-bond acceptors (Lipinski definition) is 3. The molecule has 1 aliphatic rings. The van der Waals surface area contributed by atoms with Gasteiger partial charge in [-0.05, 0) is 50.1 Å². The maximum atomic E-state index is 12.9. The topological polar surface area (TPSA) is 57.7 Å². The maximum Gasteiger partial charge on any atom is 0.266 e. The molecule has 27 heavy (non-hydrogen) atoms. The summed E-state index contributed by atoms with van der Waals surface area (Å²) in [4.78, 5) is 41.5. The Hall–Kier alpha value is -2.95. The maximum absolute atomic E-state index is 12.9. The fraction of sp³-hybridized carbons (Fsp3) is 0.318. The summed E-state index contributed by atoms with van der Waals surface area (Å²) in [5.41, 5.74) is 2.51. The molecule has 0 spiro atoms. The van der Waals surface area contributed by atoms with Crippen molar-refractivity contribution < 1.29 is 14.4 Å². The number of rotatable bonds is 6. The number of benzene rings is 2. The van der Waals surface area contributed by atoms with E-state index in [4.69, 9.17) is 0 Å². The van der Waals surface area contributed by atoms with Crippen LogP contribution in [0.25, 0.3) is 0 Å². The van der Waals surface area contributed by atoms with Crippen LogP contribution in [0.4, 0.5) is 5.69 Å². The molecule has 5 nitrogen and oxygen atoms in total. The third-order valence-corrected chi connectivity index (χ3v) is 4.94. The zero-order valence-corrected chi connectivity index (χ0v) is 16.0. The molecular formula is C22H24N2O3. The van der Waals surface area contributed by atoms with Gasteiger partial charge >= 0.3 is 0 Å². The summed E-state index contributed by atoms with van der Waals surface area (Å²) in [5, 5.41) is 0. The van der Waals surface area contributed by atoms with Crippen molar-refractivity contribution in [3.8, 4) is 0 Å². The van der Waals surface area contributed by atoms with Crippen LogP contribution in [0.5, 0.6) is 0 Å². The number of aryl methyl sites for hydroxylation is 1. The molecule has 3 amide bonds. The molecule has 0 saturated carbocycles. The Kier molecular flexibility index (Phi) is 5.40. The smallest absolute Gasteiger partial charge is 0.266 e. The molecule has 0 saturated heterocycles. The van der Waals surface area contributed by atoms with Gasteiger partial charge in [-0.1, -0.05) is 31.5 Å². The number of amides is 3. The number of hydrogen-bond donors (Lipinski definition) is 0. The van der Waals surface area contributed by atoms with Crippen molar-refractivity contribution in [1.29, 1.82) is 0 Å². The summed E-state index contributed by atoms with van der Waals surface area (Å²) in [6, 6.07) is 12.1. The molecule has 0 bridgehead atoms. The molecule has 0 aromatic heterocycles. The second-order valence-electron chi connectivity index (χ2n) is 6.73. The highest BCUT2D eigenvalue weighted by molar-refractivity contribution is 6.35. The molecule has 0 fully saturated rings. The quantitative estimate of drug-likeness (QED) is 0.727. The third kappa shape index (κ3) is 3.37. The molecule has 1 heterocycles. The Balaban J connectivity index is 1.94. The molecule has 2 aromatic carbocycles. The molecular weight excluding hydrogens is 340 g/mol. The largest absolute Gasteiger partial charge is 0.339 e. The fourth-order valence-electron chi connectivity index (χ4n) is 3.34. The Morgan fingerprint density at radius 2 is 1.70 bits per heavy atom. The van der Waals surface area contributed by atoms with Gasteiger partial charge in [0.1, 0.15) is 0 Å². The van der Waals surface area contributed by atoms with Crippen LogP contribution in [0, 0.1) is 6.92 Å². The lowest BCUT2D eigenvalue weighted by Crippen LogP contribution is -2.32. The normalized spacial score (nSPS) is 13.1. The van der Waals surface area contributed by atoms with E-state index < -0.39 is 0 Å². The molecule has 140 valence electrons. The molecule has 0 atom stereocenters. The zero-order chi connectivity index (χ0) is 19.6. The van der Waals surface area contributed by atoms with E-state index in [1.807, 2.05) is 26.0 Å². The van der Waals surface area contributed by atoms with Crippen molar-refractivity contribution in [1.82, 2.24) is 4.90 Å². The van der Waals surface area contributed by atoms with Gasteiger partial charge in [0, 0.05) is 18.7 Å². The molecule has 0 aliphatic carbocycles. The first-order valence-corrected chi connectivity index (χ1v) is 9.37. The SMILES string of the molecule is CCCCN(CC)C(=O)c1ccc2c(c1)C(=O)N(c1ccccc1C)C2=O. The molecule has 3 rings (SSSR count). The van der Waals surface area contributed by atoms with Crippen LogP contribution in [0.3, 0.4) is 0 Å². The van der Waals surface area contributed by atoms with Gasteiger partial charge in [-0.3, -0.25) is 14.4 Å². The average Bonchev–Trinajstić information content (AvgIpc) is 2.93. The first-order valence-electron chi connectivity index (χ1n) is 9.37. The molecule has 0 unspecified atom stereocenters. The molecule has 5 heteroatoms. The molecule has 0 N–H and O–H groups in total. The van der Waals surface area contributed by atoms with Crippen LogP contribution in [0.2, 0.25) is 0 Å². The number of para-hydroxylation sites is 1. The Morgan fingerprint density at radius 1 is 1.00 bits per heavy atom. The monoisotopic (exact) mass is 364 g/mol. The molecule has 0 radical (unpaired) electrons. The summed E-state index contributed by atoms with van der Waals surface area (Å²) < 4.78 is 0. The number of fused-ring (bicyclic) bond motifs is 1. The summed E-state index contributed by atoms with van der Waals surface area (Å²) in [6.07, 6.45) is 1.94. The second kappa shape index (κ2) is 7.74. The van der Waals surface area contributed by atoms with Crippen LogP contribution in [-0.2, 0) is 0 Å². The molecule has 1 aliphatic heterocycles. The molecule has 2 aromatic rings. The van der Waals surface area contributed by atoms with E-state index in [0.717, 1.165) is 18.4 Å². The van der Waals surface area contributed by atoms with Gasteiger partial charge in [-0.15, -0.1) is 0 Å². The lowest BCUT2D eigenvalue weighted by Gasteiger charge is -2.20. The van der Waals surface area contributed by atoms with Crippen LogP contribution >= 0.6 is 0 Å². The standard InChI is InChI=1S/C22H24N2O3/c1-4-6-13-23(5-2)20(25)16-11-12-17-18(14-16)22(27)24(21(17)26)19-10-8-7-9-15(19)3/h7-12,14H,4-6,13H2,1-3H3. The van der Waals surface area contributed by atoms with E-state index in [1.165, 1.54) is 4.90 Å². The zero-order valence-electron chi connectivity index (χ0n) is 16.0. The summed E-state index contributed by atoms with van der Waals surface area (Å²) in [6.45, 7) is 7.18. The van der Waals surface area contributed by atoms with Crippen LogP contribution in [-0.4, -0.2) is 35.7 Å². The summed E-state index contributed by atoms with van der Waals surface area (Å²) in [5.74, 6) is -0.833. The van der Waals surface area contributed by atoms with Gasteiger partial charge in [-0.25, -0.2) is 4.90 Å². The number of imide groups is 1. The predicted molar refractivity (Wildman–Crippen MR) is 105 cm³/mol. The van der Waals surface area contributed by atoms with E-state index in [-0.39, 0.29) is 17.7 Å². The summed E-state index contributed by atoms with van der Waals surface area (Å²) in [7, 11) is 0. The van der Waals surface area contributed by atoms with Crippen LogP contribution in [0.15, 0.2) is 42.5 Å². The van der Waals surface area contributed by atoms with Crippen molar-refractivity contribution in [2.45, 2.75) is 33.6 Å². The van der Waals surface area contributed by atoms with Gasteiger partial charge in [0.15, 0.2) is 0 Å². The van der Waals surface area contributed by atoms with Crippen molar-refractivity contribution >= 4 is 23.4 Å². The Morgan fingerprint density at radius 3 is 2.37 bits per heavy atom. The summed E-state index contributed by atoms with van der Waals surface area (Å²) >= 11 is 0. The van der Waals surface area contributed by atoms with E-state index >= 15 is 0 Å².